The van der Waals surface area contributed by atoms with Crippen LogP contribution >= 0.6 is 11.6 Å². The van der Waals surface area contributed by atoms with Crippen molar-refractivity contribution in [1.82, 2.24) is 15.5 Å². The number of rotatable bonds is 7. The fourth-order valence-electron chi connectivity index (χ4n) is 3.19. The van der Waals surface area contributed by atoms with Crippen molar-refractivity contribution in [2.45, 2.75) is 6.04 Å². The van der Waals surface area contributed by atoms with Crippen molar-refractivity contribution in [1.29, 1.82) is 0 Å². The molecule has 0 aliphatic rings. The molecule has 0 saturated carbocycles. The molecule has 4 rings (SSSR count). The Bertz CT molecular complexity index is 1230. The zero-order chi connectivity index (χ0) is 23.2. The number of hydrogen-bond donors (Lipinski definition) is 2. The second-order valence-electron chi connectivity index (χ2n) is 6.96. The minimum absolute atomic E-state index is 0.226. The van der Waals surface area contributed by atoms with Gasteiger partial charge < -0.3 is 24.5 Å². The van der Waals surface area contributed by atoms with Gasteiger partial charge in [-0.15, -0.1) is 10.2 Å². The first-order valence-electron chi connectivity index (χ1n) is 10.0. The molecule has 8 nitrogen and oxygen atoms in total. The fraction of sp³-hybridized carbons (Fsp3) is 0.125. The summed E-state index contributed by atoms with van der Waals surface area (Å²) in [5.41, 5.74) is 1.94. The Balaban J connectivity index is 1.62. The van der Waals surface area contributed by atoms with Crippen LogP contribution in [0.1, 0.15) is 17.5 Å². The van der Waals surface area contributed by atoms with E-state index < -0.39 is 12.1 Å². The molecule has 2 amide bonds. The van der Waals surface area contributed by atoms with E-state index in [0.29, 0.717) is 28.1 Å². The zero-order valence-corrected chi connectivity index (χ0v) is 18.7. The van der Waals surface area contributed by atoms with Gasteiger partial charge in [-0.1, -0.05) is 41.9 Å². The summed E-state index contributed by atoms with van der Waals surface area (Å²) in [6.07, 6.45) is 0. The minimum atomic E-state index is -0.719. The molecule has 3 aromatic carbocycles. The van der Waals surface area contributed by atoms with E-state index >= 15 is 0 Å². The number of methoxy groups -OCH3 is 2. The largest absolute Gasteiger partial charge is 0.497 e. The van der Waals surface area contributed by atoms with Crippen LogP contribution in [-0.2, 0) is 0 Å². The van der Waals surface area contributed by atoms with Crippen molar-refractivity contribution in [3.63, 3.8) is 0 Å². The van der Waals surface area contributed by atoms with Gasteiger partial charge in [-0.05, 0) is 42.0 Å². The first-order chi connectivity index (χ1) is 16.1. The lowest BCUT2D eigenvalue weighted by molar-refractivity contribution is 0.248. The summed E-state index contributed by atoms with van der Waals surface area (Å²) in [4.78, 5) is 12.9. The molecule has 9 heteroatoms. The predicted molar refractivity (Wildman–Crippen MR) is 125 cm³/mol. The van der Waals surface area contributed by atoms with Crippen LogP contribution in [-0.4, -0.2) is 30.4 Å². The summed E-state index contributed by atoms with van der Waals surface area (Å²) < 4.78 is 16.5. The molecular weight excluding hydrogens is 444 g/mol. The molecule has 0 saturated heterocycles. The average molecular weight is 465 g/mol. The first kappa shape index (κ1) is 22.2. The lowest BCUT2D eigenvalue weighted by atomic mass is 10.1. The van der Waals surface area contributed by atoms with E-state index in [-0.39, 0.29) is 5.89 Å². The standard InChI is InChI=1S/C24H21ClN4O4/c1-31-18-12-13-20(32-2)19(14-18)26-24(30)27-21(15-8-10-17(25)11-9-15)23-29-28-22(33-23)16-6-4-3-5-7-16/h3-14,21H,1-2H3,(H2,26,27,30)/t21-/m1/s1. The molecule has 0 fully saturated rings. The topological polar surface area (TPSA) is 98.5 Å². The van der Waals surface area contributed by atoms with Crippen LogP contribution in [0, 0.1) is 0 Å². The Morgan fingerprint density at radius 2 is 1.73 bits per heavy atom. The number of benzene rings is 3. The summed E-state index contributed by atoms with van der Waals surface area (Å²) in [5.74, 6) is 1.63. The molecule has 1 heterocycles. The zero-order valence-electron chi connectivity index (χ0n) is 17.9. The smallest absolute Gasteiger partial charge is 0.320 e. The maximum atomic E-state index is 12.9. The van der Waals surface area contributed by atoms with Crippen LogP contribution in [0.2, 0.25) is 5.02 Å². The number of anilines is 1. The molecule has 0 radical (unpaired) electrons. The van der Waals surface area contributed by atoms with Crippen LogP contribution in [0.5, 0.6) is 11.5 Å². The van der Waals surface area contributed by atoms with E-state index in [9.17, 15) is 4.79 Å². The maximum Gasteiger partial charge on any atom is 0.320 e. The molecule has 0 unspecified atom stereocenters. The van der Waals surface area contributed by atoms with Crippen molar-refractivity contribution < 1.29 is 18.7 Å². The number of carbonyl (C=O) groups excluding carboxylic acids is 1. The quantitative estimate of drug-likeness (QED) is 0.384. The van der Waals surface area contributed by atoms with Gasteiger partial charge in [0.2, 0.25) is 11.8 Å². The third-order valence-corrected chi connectivity index (χ3v) is 5.09. The van der Waals surface area contributed by atoms with Gasteiger partial charge in [0.05, 0.1) is 19.9 Å². The number of hydrogen-bond acceptors (Lipinski definition) is 6. The highest BCUT2D eigenvalue weighted by atomic mass is 35.5. The molecule has 2 N–H and O–H groups in total. The highest BCUT2D eigenvalue weighted by Gasteiger charge is 2.24. The van der Waals surface area contributed by atoms with Gasteiger partial charge in [0.25, 0.3) is 0 Å². The third kappa shape index (κ3) is 5.24. The lowest BCUT2D eigenvalue weighted by Gasteiger charge is -2.17. The van der Waals surface area contributed by atoms with E-state index in [1.807, 2.05) is 30.3 Å². The number of ether oxygens (including phenoxy) is 2. The van der Waals surface area contributed by atoms with Crippen molar-refractivity contribution in [3.05, 3.63) is 89.3 Å². The molecule has 0 bridgehead atoms. The van der Waals surface area contributed by atoms with Gasteiger partial charge in [-0.25, -0.2) is 4.79 Å². The highest BCUT2D eigenvalue weighted by molar-refractivity contribution is 6.30. The molecule has 1 atom stereocenters. The highest BCUT2D eigenvalue weighted by Crippen LogP contribution is 2.30. The van der Waals surface area contributed by atoms with Crippen molar-refractivity contribution >= 4 is 23.3 Å². The summed E-state index contributed by atoms with van der Waals surface area (Å²) in [5, 5.41) is 14.6. The summed E-state index contributed by atoms with van der Waals surface area (Å²) in [6.45, 7) is 0. The predicted octanol–water partition coefficient (Wildman–Crippen LogP) is 5.32. The number of amides is 2. The normalized spacial score (nSPS) is 11.5. The Kier molecular flexibility index (Phi) is 6.75. The molecule has 0 aliphatic carbocycles. The van der Waals surface area contributed by atoms with Crippen molar-refractivity contribution in [2.75, 3.05) is 19.5 Å². The second-order valence-corrected chi connectivity index (χ2v) is 7.40. The number of nitrogens with zero attached hydrogens (tertiary/aromatic N) is 2. The van der Waals surface area contributed by atoms with E-state index in [1.165, 1.54) is 7.11 Å². The lowest BCUT2D eigenvalue weighted by Crippen LogP contribution is -2.33. The Hall–Kier alpha value is -4.04. The molecule has 0 aliphatic heterocycles. The summed E-state index contributed by atoms with van der Waals surface area (Å²) in [6, 6.07) is 20.3. The summed E-state index contributed by atoms with van der Waals surface area (Å²) >= 11 is 6.04. The number of nitrogens with one attached hydrogen (secondary N) is 2. The Morgan fingerprint density at radius 3 is 2.42 bits per heavy atom. The number of urea groups is 1. The van der Waals surface area contributed by atoms with Gasteiger partial charge >= 0.3 is 6.03 Å². The maximum absolute atomic E-state index is 12.9. The molecule has 4 aromatic rings. The average Bonchev–Trinajstić information content (AvgIpc) is 3.34. The fourth-order valence-corrected chi connectivity index (χ4v) is 3.32. The van der Waals surface area contributed by atoms with Crippen LogP contribution < -0.4 is 20.1 Å². The first-order valence-corrected chi connectivity index (χ1v) is 10.4. The molecule has 33 heavy (non-hydrogen) atoms. The van der Waals surface area contributed by atoms with E-state index in [1.54, 1.807) is 49.6 Å². The Morgan fingerprint density at radius 1 is 0.970 bits per heavy atom. The number of aromatic nitrogens is 2. The molecule has 0 spiro atoms. The van der Waals surface area contributed by atoms with E-state index in [2.05, 4.69) is 20.8 Å². The van der Waals surface area contributed by atoms with Crippen molar-refractivity contribution in [2.24, 2.45) is 0 Å². The van der Waals surface area contributed by atoms with Crippen molar-refractivity contribution in [3.8, 4) is 23.0 Å². The molecule has 168 valence electrons. The molecular formula is C24H21ClN4O4. The molecule has 1 aromatic heterocycles. The third-order valence-electron chi connectivity index (χ3n) is 4.84. The van der Waals surface area contributed by atoms with Gasteiger partial charge in [0.1, 0.15) is 17.5 Å². The minimum Gasteiger partial charge on any atom is -0.497 e. The Labute approximate surface area is 195 Å². The van der Waals surface area contributed by atoms with Crippen LogP contribution in [0.3, 0.4) is 0 Å². The van der Waals surface area contributed by atoms with E-state index in [4.69, 9.17) is 25.5 Å². The monoisotopic (exact) mass is 464 g/mol. The van der Waals surface area contributed by atoms with Crippen LogP contribution in [0.15, 0.2) is 77.2 Å². The van der Waals surface area contributed by atoms with Gasteiger partial charge in [0, 0.05) is 16.7 Å². The van der Waals surface area contributed by atoms with Gasteiger partial charge in [0.15, 0.2) is 0 Å². The van der Waals surface area contributed by atoms with Gasteiger partial charge in [-0.2, -0.15) is 0 Å². The second kappa shape index (κ2) is 10.1. The van der Waals surface area contributed by atoms with E-state index in [0.717, 1.165) is 11.1 Å². The van der Waals surface area contributed by atoms with Gasteiger partial charge in [-0.3, -0.25) is 0 Å². The number of halogens is 1. The summed E-state index contributed by atoms with van der Waals surface area (Å²) in [7, 11) is 3.06. The SMILES string of the molecule is COc1ccc(OC)c(NC(=O)N[C@H](c2ccc(Cl)cc2)c2nnc(-c3ccccc3)o2)c1. The van der Waals surface area contributed by atoms with Crippen LogP contribution in [0.25, 0.3) is 11.5 Å². The van der Waals surface area contributed by atoms with Crippen LogP contribution in [0.4, 0.5) is 10.5 Å². The number of carbonyl (C=O) groups is 1.